The molecule has 2 rings (SSSR count). The lowest BCUT2D eigenvalue weighted by molar-refractivity contribution is 0.0489. The molecule has 0 aliphatic heterocycles. The van der Waals surface area contributed by atoms with Gasteiger partial charge >= 0.3 is 35.8 Å². The molecule has 0 atom stereocenters. The Hall–Kier alpha value is -4.74. The van der Waals surface area contributed by atoms with Gasteiger partial charge in [-0.05, 0) is 49.2 Å². The van der Waals surface area contributed by atoms with Gasteiger partial charge in [-0.15, -0.1) is 0 Å². The van der Waals surface area contributed by atoms with E-state index in [0.29, 0.717) is 12.8 Å². The molecule has 0 fully saturated rings. The Bertz CT molecular complexity index is 1150. The van der Waals surface area contributed by atoms with Crippen molar-refractivity contribution in [2.75, 3.05) is 13.2 Å². The molecule has 0 aromatic heterocycles. The van der Waals surface area contributed by atoms with E-state index in [1.807, 2.05) is 0 Å². The molecule has 0 bridgehead atoms. The summed E-state index contributed by atoms with van der Waals surface area (Å²) in [4.78, 5) is 68.8. The lowest BCUT2D eigenvalue weighted by atomic mass is 10.0. The second-order valence-corrected chi connectivity index (χ2v) is 8.49. The number of aromatic carboxylic acids is 4. The number of carboxylic acid groups (broad SMARTS) is 4. The molecule has 4 N–H and O–H groups in total. The van der Waals surface area contributed by atoms with Crippen LogP contribution in [-0.2, 0) is 9.47 Å². The summed E-state index contributed by atoms with van der Waals surface area (Å²) < 4.78 is 10.3. The zero-order valence-electron chi connectivity index (χ0n) is 20.9. The molecule has 2 aromatic rings. The molecular weight excluding hydrogens is 516 g/mol. The molecule has 0 heterocycles. The van der Waals surface area contributed by atoms with Crippen LogP contribution in [0.2, 0.25) is 0 Å². The van der Waals surface area contributed by atoms with Crippen LogP contribution in [0.25, 0.3) is 0 Å². The molecule has 0 saturated carbocycles. The van der Waals surface area contributed by atoms with E-state index in [4.69, 9.17) is 29.9 Å². The molecule has 0 amide bonds. The predicted octanol–water partition coefficient (Wildman–Crippen LogP) is 4.22. The predicted molar refractivity (Wildman–Crippen MR) is 134 cm³/mol. The third kappa shape index (κ3) is 9.26. The van der Waals surface area contributed by atoms with Crippen molar-refractivity contribution in [2.45, 2.75) is 44.9 Å². The van der Waals surface area contributed by atoms with E-state index in [1.165, 1.54) is 12.1 Å². The van der Waals surface area contributed by atoms with Crippen molar-refractivity contribution in [3.8, 4) is 0 Å². The number of benzene rings is 2. The van der Waals surface area contributed by atoms with E-state index in [2.05, 4.69) is 0 Å². The van der Waals surface area contributed by atoms with Crippen molar-refractivity contribution in [3.05, 3.63) is 69.8 Å². The standard InChI is InChI=1S/C27H28O12/c28-22(29)18-10-8-16(14-20(18)24(32)33)26(36)38-12-6-4-2-1-3-5-7-13-39-27(37)17-9-11-19(23(30)31)21(15-17)25(34)35/h8-11,14-15H,1-7,12-13H2,(H,28,29)(H,30,31)(H,32,33)(H,34,35). The SMILES string of the molecule is O=C(OCCCCCCCCCOC(=O)c1ccc(C(=O)O)c(C(=O)O)c1)c1ccc(C(=O)O)c(C(=O)O)c1. The Balaban J connectivity index is 1.60. The number of esters is 2. The van der Waals surface area contributed by atoms with Gasteiger partial charge in [-0.1, -0.05) is 32.1 Å². The molecule has 12 nitrogen and oxygen atoms in total. The number of hydrogen-bond donors (Lipinski definition) is 4. The highest BCUT2D eigenvalue weighted by molar-refractivity contribution is 6.04. The van der Waals surface area contributed by atoms with E-state index < -0.39 is 58.1 Å². The number of carbonyl (C=O) groups is 6. The fraction of sp³-hybridized carbons (Fsp3) is 0.333. The minimum atomic E-state index is -1.46. The average Bonchev–Trinajstić information content (AvgIpc) is 2.90. The third-order valence-corrected chi connectivity index (χ3v) is 5.69. The van der Waals surface area contributed by atoms with Crippen molar-refractivity contribution in [1.82, 2.24) is 0 Å². The first kappa shape index (κ1) is 30.5. The molecule has 0 aliphatic rings. The maximum atomic E-state index is 12.1. The van der Waals surface area contributed by atoms with Gasteiger partial charge in [0.05, 0.1) is 46.6 Å². The Kier molecular flexibility index (Phi) is 11.6. The Morgan fingerprint density at radius 1 is 0.462 bits per heavy atom. The molecule has 0 saturated heterocycles. The molecule has 39 heavy (non-hydrogen) atoms. The van der Waals surface area contributed by atoms with Crippen molar-refractivity contribution in [3.63, 3.8) is 0 Å². The van der Waals surface area contributed by atoms with E-state index in [9.17, 15) is 28.8 Å². The second kappa shape index (κ2) is 14.9. The van der Waals surface area contributed by atoms with Crippen LogP contribution < -0.4 is 0 Å². The van der Waals surface area contributed by atoms with Crippen molar-refractivity contribution >= 4 is 35.8 Å². The van der Waals surface area contributed by atoms with Gasteiger partial charge in [-0.3, -0.25) is 0 Å². The molecule has 208 valence electrons. The molecule has 0 spiro atoms. The van der Waals surface area contributed by atoms with Gasteiger partial charge in [0.2, 0.25) is 0 Å². The van der Waals surface area contributed by atoms with Crippen LogP contribution in [0.4, 0.5) is 0 Å². The first-order valence-corrected chi connectivity index (χ1v) is 12.1. The molecule has 0 aliphatic carbocycles. The minimum Gasteiger partial charge on any atom is -0.478 e. The van der Waals surface area contributed by atoms with Gasteiger partial charge in [0, 0.05) is 0 Å². The van der Waals surface area contributed by atoms with Gasteiger partial charge in [0.15, 0.2) is 0 Å². The molecule has 2 aromatic carbocycles. The minimum absolute atomic E-state index is 0.0438. The summed E-state index contributed by atoms with van der Waals surface area (Å²) >= 11 is 0. The maximum absolute atomic E-state index is 12.1. The Morgan fingerprint density at radius 3 is 1.08 bits per heavy atom. The van der Waals surface area contributed by atoms with Crippen molar-refractivity contribution in [2.24, 2.45) is 0 Å². The van der Waals surface area contributed by atoms with E-state index in [1.54, 1.807) is 0 Å². The summed E-state index contributed by atoms with van der Waals surface area (Å²) in [5.41, 5.74) is -1.91. The van der Waals surface area contributed by atoms with Gasteiger partial charge in [-0.25, -0.2) is 28.8 Å². The molecule has 0 radical (unpaired) electrons. The van der Waals surface area contributed by atoms with Crippen LogP contribution in [0, 0.1) is 0 Å². The van der Waals surface area contributed by atoms with Gasteiger partial charge in [0.1, 0.15) is 0 Å². The normalized spacial score (nSPS) is 10.5. The average molecular weight is 545 g/mol. The van der Waals surface area contributed by atoms with Crippen LogP contribution in [0.3, 0.4) is 0 Å². The summed E-state index contributed by atoms with van der Waals surface area (Å²) in [5, 5.41) is 36.3. The Labute approximate surface area is 222 Å². The molecule has 12 heteroatoms. The first-order valence-electron chi connectivity index (χ1n) is 12.1. The number of rotatable bonds is 16. The number of hydrogen-bond acceptors (Lipinski definition) is 8. The van der Waals surface area contributed by atoms with Crippen LogP contribution >= 0.6 is 0 Å². The highest BCUT2D eigenvalue weighted by Gasteiger charge is 2.20. The quantitative estimate of drug-likeness (QED) is 0.173. The second-order valence-electron chi connectivity index (χ2n) is 8.49. The summed E-state index contributed by atoms with van der Waals surface area (Å²) in [5.74, 6) is -7.20. The first-order chi connectivity index (χ1) is 18.5. The van der Waals surface area contributed by atoms with Crippen LogP contribution in [0.1, 0.15) is 107 Å². The summed E-state index contributed by atoms with van der Waals surface area (Å²) in [6.45, 7) is 0.268. The topological polar surface area (TPSA) is 202 Å². The summed E-state index contributed by atoms with van der Waals surface area (Å²) in [7, 11) is 0. The fourth-order valence-electron chi connectivity index (χ4n) is 3.65. The number of ether oxygens (including phenoxy) is 2. The smallest absolute Gasteiger partial charge is 0.338 e. The lowest BCUT2D eigenvalue weighted by Gasteiger charge is -2.08. The van der Waals surface area contributed by atoms with Crippen molar-refractivity contribution in [1.29, 1.82) is 0 Å². The van der Waals surface area contributed by atoms with E-state index in [0.717, 1.165) is 56.4 Å². The van der Waals surface area contributed by atoms with Crippen LogP contribution in [-0.4, -0.2) is 69.5 Å². The molecule has 0 unspecified atom stereocenters. The van der Waals surface area contributed by atoms with Crippen LogP contribution in [0.5, 0.6) is 0 Å². The van der Waals surface area contributed by atoms with Gasteiger partial charge in [0.25, 0.3) is 0 Å². The zero-order valence-corrected chi connectivity index (χ0v) is 20.9. The molecular formula is C27H28O12. The third-order valence-electron chi connectivity index (χ3n) is 5.69. The lowest BCUT2D eigenvalue weighted by Crippen LogP contribution is -2.12. The van der Waals surface area contributed by atoms with Crippen LogP contribution in [0.15, 0.2) is 36.4 Å². The monoisotopic (exact) mass is 544 g/mol. The number of carbonyl (C=O) groups excluding carboxylic acids is 2. The summed E-state index contributed by atoms with van der Waals surface area (Å²) in [6, 6.07) is 6.48. The van der Waals surface area contributed by atoms with Gasteiger partial charge in [-0.2, -0.15) is 0 Å². The van der Waals surface area contributed by atoms with E-state index >= 15 is 0 Å². The zero-order chi connectivity index (χ0) is 28.9. The summed E-state index contributed by atoms with van der Waals surface area (Å²) in [6.07, 6.45) is 5.43. The maximum Gasteiger partial charge on any atom is 0.338 e. The van der Waals surface area contributed by atoms with Gasteiger partial charge < -0.3 is 29.9 Å². The van der Waals surface area contributed by atoms with E-state index in [-0.39, 0.29) is 24.3 Å². The number of unbranched alkanes of at least 4 members (excludes halogenated alkanes) is 6. The Morgan fingerprint density at radius 2 is 0.769 bits per heavy atom. The number of carboxylic acids is 4. The highest BCUT2D eigenvalue weighted by Crippen LogP contribution is 2.16. The largest absolute Gasteiger partial charge is 0.478 e. The highest BCUT2D eigenvalue weighted by atomic mass is 16.5. The van der Waals surface area contributed by atoms with Crippen molar-refractivity contribution < 1.29 is 58.7 Å². The fourth-order valence-corrected chi connectivity index (χ4v) is 3.65.